The zero-order chi connectivity index (χ0) is 23.2. The number of hydrogen-bond donors (Lipinski definition) is 1. The third-order valence-electron chi connectivity index (χ3n) is 7.18. The summed E-state index contributed by atoms with van der Waals surface area (Å²) < 4.78 is 7.54. The molecule has 1 aliphatic rings. The lowest BCUT2D eigenvalue weighted by molar-refractivity contribution is -0.146. The lowest BCUT2D eigenvalue weighted by Crippen LogP contribution is -2.44. The lowest BCUT2D eigenvalue weighted by atomic mass is 9.81. The summed E-state index contributed by atoms with van der Waals surface area (Å²) in [5.74, 6) is 0.158. The van der Waals surface area contributed by atoms with Crippen LogP contribution in [-0.2, 0) is 24.7 Å². The van der Waals surface area contributed by atoms with Crippen molar-refractivity contribution in [2.75, 3.05) is 26.7 Å². The molecule has 0 aliphatic carbocycles. The number of likely N-dealkylation sites (tertiary alicyclic amines) is 1. The number of aryl methyl sites for hydroxylation is 3. The summed E-state index contributed by atoms with van der Waals surface area (Å²) in [6.45, 7) is 2.63. The normalized spacial score (nSPS) is 19.1. The van der Waals surface area contributed by atoms with Gasteiger partial charge in [0.2, 0.25) is 0 Å². The number of methoxy groups -OCH3 is 1. The van der Waals surface area contributed by atoms with Crippen LogP contribution in [0.25, 0.3) is 10.9 Å². The standard InChI is InChI=1S/C27H35N3O3/c1-29-15-4-8-22(29)9-5-16-30-17-13-21(25(19-30)27(31)32)7-3-6-20-12-14-28-26-11-10-23(33-2)18-24(20)26/h4,8,10-12,14-15,18,21,25H,3,5-7,9,13,16-17,19H2,1-2H3,(H,31,32)/t21-,25+/m1/s1. The van der Waals surface area contributed by atoms with Crippen LogP contribution in [0.2, 0.25) is 0 Å². The van der Waals surface area contributed by atoms with Gasteiger partial charge in [0.15, 0.2) is 0 Å². The summed E-state index contributed by atoms with van der Waals surface area (Å²) in [4.78, 5) is 18.9. The maximum Gasteiger partial charge on any atom is 0.308 e. The van der Waals surface area contributed by atoms with Crippen LogP contribution < -0.4 is 4.74 Å². The fourth-order valence-electron chi connectivity index (χ4n) is 5.22. The van der Waals surface area contributed by atoms with E-state index in [9.17, 15) is 9.90 Å². The third kappa shape index (κ3) is 5.74. The van der Waals surface area contributed by atoms with Crippen molar-refractivity contribution in [3.8, 4) is 5.75 Å². The second kappa shape index (κ2) is 10.8. The monoisotopic (exact) mass is 449 g/mol. The zero-order valence-corrected chi connectivity index (χ0v) is 19.7. The van der Waals surface area contributed by atoms with Gasteiger partial charge in [-0.3, -0.25) is 9.78 Å². The van der Waals surface area contributed by atoms with Crippen LogP contribution in [0.1, 0.15) is 36.9 Å². The van der Waals surface area contributed by atoms with Crippen molar-refractivity contribution in [1.29, 1.82) is 0 Å². The minimum atomic E-state index is -0.647. The van der Waals surface area contributed by atoms with Gasteiger partial charge >= 0.3 is 5.97 Å². The number of benzene rings is 1. The molecule has 1 fully saturated rings. The third-order valence-corrected chi connectivity index (χ3v) is 7.18. The number of carbonyl (C=O) groups is 1. The van der Waals surface area contributed by atoms with Gasteiger partial charge in [0.25, 0.3) is 0 Å². The highest BCUT2D eigenvalue weighted by molar-refractivity contribution is 5.83. The van der Waals surface area contributed by atoms with Crippen LogP contribution in [0.5, 0.6) is 5.75 Å². The number of carboxylic acid groups (broad SMARTS) is 1. The topological polar surface area (TPSA) is 67.6 Å². The summed E-state index contributed by atoms with van der Waals surface area (Å²) in [6, 6.07) is 12.3. The molecule has 6 heteroatoms. The Bertz CT molecular complexity index is 1080. The first kappa shape index (κ1) is 23.3. The summed E-state index contributed by atoms with van der Waals surface area (Å²) in [5, 5.41) is 11.0. The number of ether oxygens (including phenoxy) is 1. The van der Waals surface area contributed by atoms with E-state index in [1.165, 1.54) is 11.3 Å². The molecule has 2 aromatic heterocycles. The molecule has 4 rings (SSSR count). The van der Waals surface area contributed by atoms with Gasteiger partial charge in [-0.2, -0.15) is 0 Å². The van der Waals surface area contributed by atoms with Crippen molar-refractivity contribution in [2.45, 2.75) is 38.5 Å². The van der Waals surface area contributed by atoms with Crippen LogP contribution in [0.4, 0.5) is 0 Å². The summed E-state index contributed by atoms with van der Waals surface area (Å²) in [5.41, 5.74) is 3.56. The van der Waals surface area contributed by atoms with Crippen molar-refractivity contribution in [2.24, 2.45) is 18.9 Å². The van der Waals surface area contributed by atoms with E-state index in [1.54, 1.807) is 7.11 Å². The number of piperidine rings is 1. The van der Waals surface area contributed by atoms with E-state index < -0.39 is 5.97 Å². The van der Waals surface area contributed by atoms with Crippen molar-refractivity contribution in [3.63, 3.8) is 0 Å². The summed E-state index contributed by atoms with van der Waals surface area (Å²) in [7, 11) is 3.75. The highest BCUT2D eigenvalue weighted by atomic mass is 16.5. The van der Waals surface area contributed by atoms with Crippen LogP contribution in [0.3, 0.4) is 0 Å². The first-order valence-corrected chi connectivity index (χ1v) is 12.0. The molecule has 3 aromatic rings. The van der Waals surface area contributed by atoms with Gasteiger partial charge in [-0.1, -0.05) is 0 Å². The quantitative estimate of drug-likeness (QED) is 0.491. The molecule has 1 aliphatic heterocycles. The Balaban J connectivity index is 1.30. The Morgan fingerprint density at radius 3 is 2.85 bits per heavy atom. The molecule has 6 nitrogen and oxygen atoms in total. The van der Waals surface area contributed by atoms with E-state index in [-0.39, 0.29) is 11.8 Å². The fraction of sp³-hybridized carbons (Fsp3) is 0.481. The smallest absolute Gasteiger partial charge is 0.308 e. The molecule has 1 saturated heterocycles. The van der Waals surface area contributed by atoms with Gasteiger partial charge in [-0.25, -0.2) is 0 Å². The minimum absolute atomic E-state index is 0.245. The van der Waals surface area contributed by atoms with E-state index in [2.05, 4.69) is 45.9 Å². The van der Waals surface area contributed by atoms with Crippen LogP contribution >= 0.6 is 0 Å². The van der Waals surface area contributed by atoms with Crippen molar-refractivity contribution in [1.82, 2.24) is 14.5 Å². The second-order valence-electron chi connectivity index (χ2n) is 9.25. The van der Waals surface area contributed by atoms with E-state index in [1.807, 2.05) is 24.4 Å². The molecular formula is C27H35N3O3. The molecule has 1 aromatic carbocycles. The van der Waals surface area contributed by atoms with Gasteiger partial charge in [0.05, 0.1) is 18.5 Å². The van der Waals surface area contributed by atoms with E-state index in [0.717, 1.165) is 68.3 Å². The van der Waals surface area contributed by atoms with Gasteiger partial charge in [0.1, 0.15) is 5.75 Å². The molecule has 2 atom stereocenters. The molecule has 33 heavy (non-hydrogen) atoms. The number of carboxylic acids is 1. The van der Waals surface area contributed by atoms with Crippen LogP contribution in [0, 0.1) is 11.8 Å². The van der Waals surface area contributed by atoms with Crippen LogP contribution in [0.15, 0.2) is 48.8 Å². The average molecular weight is 450 g/mol. The average Bonchev–Trinajstić information content (AvgIpc) is 3.24. The van der Waals surface area contributed by atoms with Crippen molar-refractivity contribution >= 4 is 16.9 Å². The number of nitrogens with zero attached hydrogens (tertiary/aromatic N) is 3. The fourth-order valence-corrected chi connectivity index (χ4v) is 5.22. The first-order valence-electron chi connectivity index (χ1n) is 12.0. The molecule has 0 bridgehead atoms. The highest BCUT2D eigenvalue weighted by Crippen LogP contribution is 2.30. The SMILES string of the molecule is COc1ccc2nccc(CCC[C@@H]3CCN(CCCc4cccn4C)C[C@@H]3C(=O)O)c2c1. The van der Waals surface area contributed by atoms with Crippen molar-refractivity contribution in [3.05, 3.63) is 60.0 Å². The Hall–Kier alpha value is -2.86. The lowest BCUT2D eigenvalue weighted by Gasteiger charge is -2.36. The number of aliphatic carboxylic acids is 1. The van der Waals surface area contributed by atoms with E-state index in [0.29, 0.717) is 6.54 Å². The van der Waals surface area contributed by atoms with E-state index >= 15 is 0 Å². The summed E-state index contributed by atoms with van der Waals surface area (Å²) >= 11 is 0. The van der Waals surface area contributed by atoms with Gasteiger partial charge in [-0.15, -0.1) is 0 Å². The van der Waals surface area contributed by atoms with Gasteiger partial charge < -0.3 is 19.3 Å². The van der Waals surface area contributed by atoms with Gasteiger partial charge in [0, 0.05) is 37.1 Å². The van der Waals surface area contributed by atoms with Crippen LogP contribution in [-0.4, -0.2) is 52.3 Å². The molecule has 176 valence electrons. The predicted molar refractivity (Wildman–Crippen MR) is 131 cm³/mol. The molecule has 0 spiro atoms. The number of rotatable bonds is 10. The molecule has 0 saturated carbocycles. The number of aromatic nitrogens is 2. The first-order chi connectivity index (χ1) is 16.0. The maximum atomic E-state index is 12.0. The molecule has 0 radical (unpaired) electrons. The number of hydrogen-bond acceptors (Lipinski definition) is 4. The Morgan fingerprint density at radius 2 is 2.09 bits per heavy atom. The van der Waals surface area contributed by atoms with E-state index in [4.69, 9.17) is 4.74 Å². The Morgan fingerprint density at radius 1 is 1.21 bits per heavy atom. The number of pyridine rings is 1. The minimum Gasteiger partial charge on any atom is -0.497 e. The largest absolute Gasteiger partial charge is 0.497 e. The van der Waals surface area contributed by atoms with Gasteiger partial charge in [-0.05, 0) is 99.5 Å². The molecule has 0 amide bonds. The number of fused-ring (bicyclic) bond motifs is 1. The predicted octanol–water partition coefficient (Wildman–Crippen LogP) is 4.56. The molecule has 0 unspecified atom stereocenters. The molecule has 3 heterocycles. The highest BCUT2D eigenvalue weighted by Gasteiger charge is 2.33. The zero-order valence-electron chi connectivity index (χ0n) is 19.7. The molecule has 1 N–H and O–H groups in total. The second-order valence-corrected chi connectivity index (χ2v) is 9.25. The Labute approximate surface area is 196 Å². The maximum absolute atomic E-state index is 12.0. The van der Waals surface area contributed by atoms with Crippen molar-refractivity contribution < 1.29 is 14.6 Å². The summed E-state index contributed by atoms with van der Waals surface area (Å²) in [6.07, 6.45) is 9.85. The Kier molecular flexibility index (Phi) is 7.65. The molecular weight excluding hydrogens is 414 g/mol.